The maximum Gasteiger partial charge on any atom is 0.237 e. The fourth-order valence-corrected chi connectivity index (χ4v) is 4.66. The van der Waals surface area contributed by atoms with Gasteiger partial charge in [0.05, 0.1) is 19.9 Å². The maximum atomic E-state index is 12.8. The van der Waals surface area contributed by atoms with Crippen molar-refractivity contribution in [2.45, 2.75) is 51.5 Å². The number of amides is 1. The highest BCUT2D eigenvalue weighted by atomic mass is 16.5. The van der Waals surface area contributed by atoms with E-state index in [1.165, 1.54) is 44.3 Å². The van der Waals surface area contributed by atoms with Crippen molar-refractivity contribution in [2.24, 2.45) is 4.99 Å². The Bertz CT molecular complexity index is 977. The van der Waals surface area contributed by atoms with Crippen LogP contribution in [0.25, 0.3) is 0 Å². The molecule has 1 saturated heterocycles. The van der Waals surface area contributed by atoms with Gasteiger partial charge in [-0.2, -0.15) is 0 Å². The highest BCUT2D eigenvalue weighted by Gasteiger charge is 2.35. The van der Waals surface area contributed by atoms with Crippen molar-refractivity contribution in [2.75, 3.05) is 32.6 Å². The van der Waals surface area contributed by atoms with Gasteiger partial charge in [0.2, 0.25) is 5.91 Å². The van der Waals surface area contributed by atoms with Gasteiger partial charge in [-0.3, -0.25) is 14.7 Å². The maximum absolute atomic E-state index is 12.8. The first-order valence-corrected chi connectivity index (χ1v) is 11.6. The summed E-state index contributed by atoms with van der Waals surface area (Å²) < 4.78 is 10.8. The quantitative estimate of drug-likeness (QED) is 0.600. The van der Waals surface area contributed by atoms with Crippen molar-refractivity contribution in [1.82, 2.24) is 4.90 Å². The van der Waals surface area contributed by atoms with Crippen LogP contribution >= 0.6 is 0 Å². The molecule has 0 bridgehead atoms. The van der Waals surface area contributed by atoms with E-state index >= 15 is 0 Å². The van der Waals surface area contributed by atoms with Gasteiger partial charge in [-0.25, -0.2) is 0 Å². The standard InChI is InChI=1S/C26H33N3O3/c1-4-21(25-20-15-23(31-2)24(32-3)16-22(20)28-26(25)30)27-19-11-9-18(10-12-19)17-29-13-7-5-6-8-14-29/h9-12,15-16,25H,4-8,13-14,17H2,1-3H3,(H,28,30). The summed E-state index contributed by atoms with van der Waals surface area (Å²) in [5.41, 5.74) is 4.67. The second kappa shape index (κ2) is 10.2. The first kappa shape index (κ1) is 22.3. The normalized spacial score (nSPS) is 19.3. The predicted octanol–water partition coefficient (Wildman–Crippen LogP) is 5.30. The highest BCUT2D eigenvalue weighted by Crippen LogP contribution is 2.42. The van der Waals surface area contributed by atoms with E-state index in [2.05, 4.69) is 34.5 Å². The van der Waals surface area contributed by atoms with E-state index < -0.39 is 5.92 Å². The van der Waals surface area contributed by atoms with Crippen LogP contribution in [0.15, 0.2) is 41.4 Å². The number of hydrogen-bond donors (Lipinski definition) is 1. The summed E-state index contributed by atoms with van der Waals surface area (Å²) in [6.07, 6.45) is 5.97. The van der Waals surface area contributed by atoms with Crippen LogP contribution in [0.4, 0.5) is 11.4 Å². The van der Waals surface area contributed by atoms with Crippen LogP contribution < -0.4 is 14.8 Å². The molecule has 1 unspecified atom stereocenters. The summed E-state index contributed by atoms with van der Waals surface area (Å²) in [6, 6.07) is 12.1. The molecule has 1 amide bonds. The molecule has 32 heavy (non-hydrogen) atoms. The van der Waals surface area contributed by atoms with E-state index in [1.807, 2.05) is 19.1 Å². The molecule has 1 fully saturated rings. The molecule has 6 heteroatoms. The van der Waals surface area contributed by atoms with E-state index in [4.69, 9.17) is 14.5 Å². The summed E-state index contributed by atoms with van der Waals surface area (Å²) in [5.74, 6) is 0.725. The van der Waals surface area contributed by atoms with Gasteiger partial charge >= 0.3 is 0 Å². The summed E-state index contributed by atoms with van der Waals surface area (Å²) in [4.78, 5) is 20.3. The number of nitrogens with zero attached hydrogens (tertiary/aromatic N) is 2. The van der Waals surface area contributed by atoms with E-state index in [9.17, 15) is 4.79 Å². The third-order valence-corrected chi connectivity index (χ3v) is 6.40. The average Bonchev–Trinajstić information content (AvgIpc) is 2.95. The summed E-state index contributed by atoms with van der Waals surface area (Å²) in [7, 11) is 3.19. The summed E-state index contributed by atoms with van der Waals surface area (Å²) in [6.45, 7) is 5.40. The third kappa shape index (κ3) is 4.80. The van der Waals surface area contributed by atoms with Crippen LogP contribution in [-0.4, -0.2) is 43.8 Å². The largest absolute Gasteiger partial charge is 0.493 e. The van der Waals surface area contributed by atoms with Crippen LogP contribution in [0.2, 0.25) is 0 Å². The first-order valence-electron chi connectivity index (χ1n) is 11.6. The number of aliphatic imine (C=N–C) groups is 1. The van der Waals surface area contributed by atoms with Crippen molar-refractivity contribution in [1.29, 1.82) is 0 Å². The second-order valence-electron chi connectivity index (χ2n) is 8.53. The van der Waals surface area contributed by atoms with Gasteiger partial charge in [0.15, 0.2) is 11.5 Å². The number of benzene rings is 2. The molecule has 2 aromatic carbocycles. The van der Waals surface area contributed by atoms with Gasteiger partial charge in [-0.05, 0) is 61.7 Å². The SMILES string of the molecule is CCC(=Nc1ccc(CN2CCCCCC2)cc1)C1C(=O)Nc2cc(OC)c(OC)cc21. The number of anilines is 1. The van der Waals surface area contributed by atoms with Crippen LogP contribution in [0, 0.1) is 0 Å². The fourth-order valence-electron chi connectivity index (χ4n) is 4.66. The molecule has 1 atom stereocenters. The van der Waals surface area contributed by atoms with Crippen molar-refractivity contribution >= 4 is 23.0 Å². The van der Waals surface area contributed by atoms with E-state index in [0.717, 1.165) is 29.2 Å². The molecule has 6 nitrogen and oxygen atoms in total. The van der Waals surface area contributed by atoms with E-state index in [1.54, 1.807) is 14.2 Å². The van der Waals surface area contributed by atoms with Crippen molar-refractivity contribution in [3.8, 4) is 11.5 Å². The molecule has 0 spiro atoms. The Morgan fingerprint density at radius 3 is 2.31 bits per heavy atom. The van der Waals surface area contributed by atoms with Gasteiger partial charge in [0, 0.05) is 24.0 Å². The first-order chi connectivity index (χ1) is 15.6. The van der Waals surface area contributed by atoms with Crippen LogP contribution in [0.1, 0.15) is 56.1 Å². The Hall–Kier alpha value is -2.86. The monoisotopic (exact) mass is 435 g/mol. The lowest BCUT2D eigenvalue weighted by molar-refractivity contribution is -0.115. The molecule has 2 aliphatic heterocycles. The van der Waals surface area contributed by atoms with E-state index in [0.29, 0.717) is 17.9 Å². The van der Waals surface area contributed by atoms with Crippen molar-refractivity contribution in [3.63, 3.8) is 0 Å². The molecule has 170 valence electrons. The molecular weight excluding hydrogens is 402 g/mol. The number of methoxy groups -OCH3 is 2. The Morgan fingerprint density at radius 1 is 1.03 bits per heavy atom. The zero-order chi connectivity index (χ0) is 22.5. The molecule has 0 aliphatic carbocycles. The lowest BCUT2D eigenvalue weighted by Gasteiger charge is -2.19. The third-order valence-electron chi connectivity index (χ3n) is 6.40. The number of fused-ring (bicyclic) bond motifs is 1. The molecule has 4 rings (SSSR count). The number of carbonyl (C=O) groups is 1. The van der Waals surface area contributed by atoms with Crippen LogP contribution in [-0.2, 0) is 11.3 Å². The number of ether oxygens (including phenoxy) is 2. The molecule has 0 radical (unpaired) electrons. The molecule has 2 aromatic rings. The van der Waals surface area contributed by atoms with Crippen LogP contribution in [0.5, 0.6) is 11.5 Å². The number of carbonyl (C=O) groups excluding carboxylic acids is 1. The van der Waals surface area contributed by atoms with Crippen LogP contribution in [0.3, 0.4) is 0 Å². The Balaban J connectivity index is 1.55. The molecule has 0 saturated carbocycles. The summed E-state index contributed by atoms with van der Waals surface area (Å²) in [5, 5.41) is 2.97. The van der Waals surface area contributed by atoms with Gasteiger partial charge < -0.3 is 14.8 Å². The highest BCUT2D eigenvalue weighted by molar-refractivity contribution is 6.19. The minimum absolute atomic E-state index is 0.0614. The smallest absolute Gasteiger partial charge is 0.237 e. The zero-order valence-corrected chi connectivity index (χ0v) is 19.3. The minimum Gasteiger partial charge on any atom is -0.493 e. The molecule has 0 aromatic heterocycles. The van der Waals surface area contributed by atoms with Crippen molar-refractivity contribution < 1.29 is 14.3 Å². The molecule has 2 heterocycles. The molecule has 2 aliphatic rings. The Labute approximate surface area is 190 Å². The number of rotatable bonds is 7. The number of hydrogen-bond acceptors (Lipinski definition) is 5. The molecular formula is C26H33N3O3. The lowest BCUT2D eigenvalue weighted by Crippen LogP contribution is -2.23. The van der Waals surface area contributed by atoms with Crippen molar-refractivity contribution in [3.05, 3.63) is 47.5 Å². The van der Waals surface area contributed by atoms with Gasteiger partial charge in [-0.1, -0.05) is 31.9 Å². The molecule has 1 N–H and O–H groups in total. The van der Waals surface area contributed by atoms with Gasteiger partial charge in [0.1, 0.15) is 5.92 Å². The van der Waals surface area contributed by atoms with E-state index in [-0.39, 0.29) is 5.91 Å². The zero-order valence-electron chi connectivity index (χ0n) is 19.3. The average molecular weight is 436 g/mol. The lowest BCUT2D eigenvalue weighted by atomic mass is 9.93. The Kier molecular flexibility index (Phi) is 7.10. The number of nitrogens with one attached hydrogen (secondary N) is 1. The predicted molar refractivity (Wildman–Crippen MR) is 128 cm³/mol. The van der Waals surface area contributed by atoms with Gasteiger partial charge in [-0.15, -0.1) is 0 Å². The van der Waals surface area contributed by atoms with Gasteiger partial charge in [0.25, 0.3) is 0 Å². The minimum atomic E-state index is -0.424. The number of likely N-dealkylation sites (tertiary alicyclic amines) is 1. The topological polar surface area (TPSA) is 63.2 Å². The second-order valence-corrected chi connectivity index (χ2v) is 8.53. The fraction of sp³-hybridized carbons (Fsp3) is 0.462. The Morgan fingerprint density at radius 2 is 1.69 bits per heavy atom. The summed E-state index contributed by atoms with van der Waals surface area (Å²) >= 11 is 0.